The zero-order chi connectivity index (χ0) is 71.4. The van der Waals surface area contributed by atoms with Crippen LogP contribution in [0, 0.1) is 31.1 Å². The fraction of sp³-hybridized carbons (Fsp3) is 0.232. The lowest BCUT2D eigenvalue weighted by Crippen LogP contribution is -2.41. The minimum Gasteiger partial charge on any atom is -0.456 e. The van der Waals surface area contributed by atoms with E-state index >= 15 is 0 Å². The van der Waals surface area contributed by atoms with E-state index in [1.807, 2.05) is 19.9 Å². The average Bonchev–Trinajstić information content (AvgIpc) is 0.694. The van der Waals surface area contributed by atoms with Gasteiger partial charge in [0, 0.05) is 82.4 Å². The van der Waals surface area contributed by atoms with E-state index < -0.39 is 0 Å². The van der Waals surface area contributed by atoms with Crippen LogP contribution in [0.2, 0.25) is 0 Å². The first kappa shape index (κ1) is 65.6. The number of aromatic nitrogens is 2. The van der Waals surface area contributed by atoms with Crippen molar-refractivity contribution < 1.29 is 9.47 Å². The van der Waals surface area contributed by atoms with Crippen LogP contribution in [-0.2, 0) is 21.7 Å². The Balaban J connectivity index is 0.000000110. The third kappa shape index (κ3) is 10.0. The summed E-state index contributed by atoms with van der Waals surface area (Å²) in [6.45, 7) is 34.2. The summed E-state index contributed by atoms with van der Waals surface area (Å²) in [5, 5.41) is 23.5. The molecule has 0 spiro atoms. The van der Waals surface area contributed by atoms with E-state index in [9.17, 15) is 0 Å². The van der Waals surface area contributed by atoms with Crippen molar-refractivity contribution in [2.75, 3.05) is 0 Å². The molecule has 1 unspecified atom stereocenters. The molecule has 4 nitrogen and oxygen atoms in total. The normalized spacial score (nSPS) is 16.0. The first-order chi connectivity index (χ1) is 49.5. The first-order valence-electron chi connectivity index (χ1n) is 37.2. The van der Waals surface area contributed by atoms with Crippen LogP contribution in [0.1, 0.15) is 158 Å². The van der Waals surface area contributed by atoms with Crippen molar-refractivity contribution in [3.63, 3.8) is 0 Å². The molecule has 1 atom stereocenters. The summed E-state index contributed by atoms with van der Waals surface area (Å²) in [7, 11) is 0. The number of hydrogen-bond acceptors (Lipinski definition) is 4. The highest BCUT2D eigenvalue weighted by molar-refractivity contribution is 6.27. The number of nitrogens with zero attached hydrogens (tertiary/aromatic N) is 2. The number of ether oxygens (including phenoxy) is 2. The summed E-state index contributed by atoms with van der Waals surface area (Å²) in [5.74, 6) is 5.56. The van der Waals surface area contributed by atoms with E-state index in [2.05, 4.69) is 343 Å². The molecule has 0 bridgehead atoms. The number of hydrogen-bond donors (Lipinski definition) is 0. The molecule has 16 aromatic carbocycles. The van der Waals surface area contributed by atoms with Gasteiger partial charge in [0.05, 0.1) is 0 Å². The molecule has 103 heavy (non-hydrogen) atoms. The van der Waals surface area contributed by atoms with Gasteiger partial charge in [-0.25, -0.2) is 9.97 Å². The maximum Gasteiger partial charge on any atom is 0.159 e. The molecule has 0 saturated carbocycles. The van der Waals surface area contributed by atoms with Gasteiger partial charge in [-0.15, -0.1) is 0 Å². The molecule has 0 saturated heterocycles. The zero-order valence-corrected chi connectivity index (χ0v) is 62.2. The van der Waals surface area contributed by atoms with Crippen molar-refractivity contribution in [2.24, 2.45) is 17.3 Å². The Labute approximate surface area is 606 Å². The van der Waals surface area contributed by atoms with Crippen LogP contribution >= 0.6 is 0 Å². The molecule has 0 fully saturated rings. The van der Waals surface area contributed by atoms with Gasteiger partial charge < -0.3 is 9.47 Å². The number of rotatable bonds is 4. The molecular formula is C99H90N2O2. The second kappa shape index (κ2) is 24.0. The van der Waals surface area contributed by atoms with Crippen LogP contribution in [0.25, 0.3) is 108 Å². The second-order valence-corrected chi connectivity index (χ2v) is 32.6. The standard InChI is InChI=1S/C33H26.C31H24N2O.C29H26O.C6H14/c1-32(2)26-14-7-8-15-27(26)33(3,24-12-5-4-6-13-24)31-25-19-18-22-11-9-10-21-16-17-23(20-28(31)32)30(25)29(21)22;1-17-14-18(2)33-30(32-17)22-11-13-26-24(16-22)31(3,4)25-15-21-9-8-19-6-5-7-20-10-12-23(29(25)34-26)28(21)27(19)20;1-17(2)29(18(3)4)23-10-5-6-11-25(23)30-28-22-15-14-20-9-7-8-19-12-13-21(16-24(28)29)27(22)26(19)20;1-5-6(2,3)4/h4-20H,1-3H3;5-16H,1-4H3;5-18H,1-4H3;5H2,1-4H3. The van der Waals surface area contributed by atoms with Crippen LogP contribution in [0.15, 0.2) is 249 Å². The van der Waals surface area contributed by atoms with Gasteiger partial charge in [0.1, 0.15) is 23.0 Å². The highest BCUT2D eigenvalue weighted by Crippen LogP contribution is 2.60. The Kier molecular flexibility index (Phi) is 15.3. The fourth-order valence-corrected chi connectivity index (χ4v) is 18.6. The Morgan fingerprint density at radius 3 is 1.25 bits per heavy atom. The lowest BCUT2D eigenvalue weighted by Gasteiger charge is -2.47. The third-order valence-corrected chi connectivity index (χ3v) is 24.2. The molecule has 0 N–H and O–H groups in total. The van der Waals surface area contributed by atoms with Gasteiger partial charge in [0.15, 0.2) is 5.82 Å². The van der Waals surface area contributed by atoms with Crippen LogP contribution in [0.3, 0.4) is 0 Å². The minimum atomic E-state index is -0.234. The minimum absolute atomic E-state index is 0.0787. The number of aryl methyl sites for hydroxylation is 2. The summed E-state index contributed by atoms with van der Waals surface area (Å²) in [6.07, 6.45) is 1.27. The maximum atomic E-state index is 6.69. The van der Waals surface area contributed by atoms with Gasteiger partial charge in [-0.3, -0.25) is 0 Å². The molecule has 508 valence electrons. The van der Waals surface area contributed by atoms with Gasteiger partial charge in [-0.2, -0.15) is 0 Å². The van der Waals surface area contributed by atoms with Crippen molar-refractivity contribution in [3.8, 4) is 34.4 Å². The van der Waals surface area contributed by atoms with Crippen LogP contribution in [0.4, 0.5) is 0 Å². The lowest BCUT2D eigenvalue weighted by atomic mass is 9.56. The molecule has 0 amide bonds. The monoisotopic (exact) mass is 1340 g/mol. The Morgan fingerprint density at radius 1 is 0.350 bits per heavy atom. The van der Waals surface area contributed by atoms with Crippen molar-refractivity contribution >= 4 is 97.0 Å². The smallest absolute Gasteiger partial charge is 0.159 e. The van der Waals surface area contributed by atoms with Gasteiger partial charge in [-0.05, 0) is 202 Å². The summed E-state index contributed by atoms with van der Waals surface area (Å²) in [5.41, 5.74) is 15.0. The van der Waals surface area contributed by atoms with Crippen molar-refractivity contribution in [1.29, 1.82) is 0 Å². The second-order valence-electron chi connectivity index (χ2n) is 32.6. The average molecular weight is 1340 g/mol. The lowest BCUT2D eigenvalue weighted by molar-refractivity contribution is 0.245. The quantitative estimate of drug-likeness (QED) is 0.165. The molecule has 0 radical (unpaired) electrons. The molecule has 1 aromatic heterocycles. The molecule has 3 aliphatic rings. The highest BCUT2D eigenvalue weighted by Gasteiger charge is 2.49. The van der Waals surface area contributed by atoms with Crippen LogP contribution < -0.4 is 9.47 Å². The van der Waals surface area contributed by atoms with Crippen molar-refractivity contribution in [1.82, 2.24) is 9.97 Å². The first-order valence-corrected chi connectivity index (χ1v) is 37.2. The predicted octanol–water partition coefficient (Wildman–Crippen LogP) is 27.4. The predicted molar refractivity (Wildman–Crippen MR) is 437 cm³/mol. The SMILES string of the molecule is CC(C)C1(C(C)C)c2ccccc2Oc2c1cc1ccc3cccc4ccc2c1c34.CC1(C)c2ccccc2C(C)(c2ccccc2)c2c1cc1ccc3cccc4ccc2c1c34.CCC(C)(C)C.Cc1cc(C)nc(-c2ccc3c(c2)C(C)(C)c2cc4ccc5cccc6ccc(c2O3)c4c56)n1. The summed E-state index contributed by atoms with van der Waals surface area (Å²) >= 11 is 0. The molecule has 1 aliphatic carbocycles. The van der Waals surface area contributed by atoms with E-state index in [-0.39, 0.29) is 21.7 Å². The molecule has 4 heteroatoms. The molecule has 17 aromatic rings. The Hall–Kier alpha value is -10.7. The maximum absolute atomic E-state index is 6.69. The Morgan fingerprint density at radius 2 is 0.748 bits per heavy atom. The van der Waals surface area contributed by atoms with E-state index in [0.717, 1.165) is 51.3 Å². The van der Waals surface area contributed by atoms with E-state index in [0.29, 0.717) is 17.3 Å². The van der Waals surface area contributed by atoms with Gasteiger partial charge in [-0.1, -0.05) is 278 Å². The number of benzene rings is 16. The van der Waals surface area contributed by atoms with Gasteiger partial charge in [0.2, 0.25) is 0 Å². The van der Waals surface area contributed by atoms with Gasteiger partial charge >= 0.3 is 0 Å². The third-order valence-electron chi connectivity index (χ3n) is 24.2. The molecule has 2 aliphatic heterocycles. The Bertz CT molecular complexity index is 6130. The van der Waals surface area contributed by atoms with E-state index in [4.69, 9.17) is 9.47 Å². The molecule has 3 heterocycles. The zero-order valence-electron chi connectivity index (χ0n) is 62.2. The van der Waals surface area contributed by atoms with Crippen molar-refractivity contribution in [2.45, 2.75) is 132 Å². The van der Waals surface area contributed by atoms with Crippen LogP contribution in [-0.4, -0.2) is 9.97 Å². The number of para-hydroxylation sites is 1. The van der Waals surface area contributed by atoms with E-state index in [1.54, 1.807) is 0 Å². The summed E-state index contributed by atoms with van der Waals surface area (Å²) < 4.78 is 13.4. The fourth-order valence-electron chi connectivity index (χ4n) is 18.6. The number of fused-ring (bicyclic) bond motifs is 9. The van der Waals surface area contributed by atoms with E-state index in [1.165, 1.54) is 148 Å². The summed E-state index contributed by atoms with van der Waals surface area (Å²) in [6, 6.07) is 91.5. The molecule has 20 rings (SSSR count). The van der Waals surface area contributed by atoms with Crippen LogP contribution in [0.5, 0.6) is 23.0 Å². The summed E-state index contributed by atoms with van der Waals surface area (Å²) in [4.78, 5) is 9.38. The topological polar surface area (TPSA) is 44.2 Å². The largest absolute Gasteiger partial charge is 0.456 e. The van der Waals surface area contributed by atoms with Gasteiger partial charge in [0.25, 0.3) is 0 Å². The highest BCUT2D eigenvalue weighted by atomic mass is 16.5. The molecular weight excluding hydrogens is 1250 g/mol. The van der Waals surface area contributed by atoms with Crippen molar-refractivity contribution in [3.05, 3.63) is 310 Å².